The number of nitrogen functional groups attached to an aromatic ring is 1. The number of benzene rings is 1. The first-order valence-electron chi connectivity index (χ1n) is 8.73. The first-order valence-corrected chi connectivity index (χ1v) is 10.2. The Labute approximate surface area is 160 Å². The van der Waals surface area contributed by atoms with Crippen LogP contribution in [0.15, 0.2) is 47.5 Å². The number of rotatable bonds is 4. The molecule has 6 nitrogen and oxygen atoms in total. The average molecular weight is 412 g/mol. The molecule has 2 heterocycles. The van der Waals surface area contributed by atoms with E-state index in [1.54, 1.807) is 6.20 Å². The molecule has 4 rings (SSSR count). The van der Waals surface area contributed by atoms with E-state index >= 15 is 0 Å². The molecule has 1 aliphatic carbocycles. The summed E-state index contributed by atoms with van der Waals surface area (Å²) in [4.78, 5) is 7.63. The lowest BCUT2D eigenvalue weighted by Gasteiger charge is -2.22. The number of hydrogen-bond acceptors (Lipinski definition) is 6. The van der Waals surface area contributed by atoms with E-state index in [0.717, 1.165) is 37.1 Å². The van der Waals surface area contributed by atoms with Crippen LogP contribution in [0.2, 0.25) is 0 Å². The minimum atomic E-state index is -5.33. The van der Waals surface area contributed by atoms with E-state index in [4.69, 9.17) is 5.73 Å². The van der Waals surface area contributed by atoms with E-state index in [0.29, 0.717) is 24.7 Å². The van der Waals surface area contributed by atoms with Crippen LogP contribution in [0.1, 0.15) is 18.4 Å². The van der Waals surface area contributed by atoms with Gasteiger partial charge in [0.2, 0.25) is 0 Å². The fourth-order valence-corrected chi connectivity index (χ4v) is 4.42. The van der Waals surface area contributed by atoms with Crippen LogP contribution < -0.4 is 10.6 Å². The third kappa shape index (κ3) is 3.30. The summed E-state index contributed by atoms with van der Waals surface area (Å²) in [5, 5.41) is 0. The van der Waals surface area contributed by atoms with Gasteiger partial charge in [-0.2, -0.15) is 13.2 Å². The maximum atomic E-state index is 12.7. The predicted octanol–water partition coefficient (Wildman–Crippen LogP) is 2.77. The van der Waals surface area contributed by atoms with Crippen LogP contribution in [0.4, 0.5) is 24.7 Å². The molecular weight excluding hydrogens is 393 g/mol. The number of anilines is 2. The van der Waals surface area contributed by atoms with Crippen molar-refractivity contribution in [2.75, 3.05) is 23.8 Å². The molecule has 1 aromatic carbocycles. The van der Waals surface area contributed by atoms with Crippen molar-refractivity contribution in [1.82, 2.24) is 9.88 Å². The molecule has 1 spiro atoms. The summed E-state index contributed by atoms with van der Waals surface area (Å²) in [6, 6.07) is 8.64. The molecule has 2 fully saturated rings. The average Bonchev–Trinajstić information content (AvgIpc) is 3.31. The number of halogens is 3. The fourth-order valence-electron chi connectivity index (χ4n) is 3.65. The summed E-state index contributed by atoms with van der Waals surface area (Å²) in [6.07, 6.45) is 3.76. The number of nitrogens with zero attached hydrogens (tertiary/aromatic N) is 3. The molecule has 2 N–H and O–H groups in total. The van der Waals surface area contributed by atoms with Crippen molar-refractivity contribution in [3.05, 3.63) is 48.2 Å². The van der Waals surface area contributed by atoms with E-state index in [1.165, 1.54) is 12.1 Å². The highest BCUT2D eigenvalue weighted by atomic mass is 32.2. The van der Waals surface area contributed by atoms with E-state index in [-0.39, 0.29) is 5.54 Å². The lowest BCUT2D eigenvalue weighted by atomic mass is 10.2. The normalized spacial score (nSPS) is 19.3. The van der Waals surface area contributed by atoms with Gasteiger partial charge in [0, 0.05) is 30.5 Å². The minimum absolute atomic E-state index is 0.0503. The molecule has 1 aromatic heterocycles. The highest BCUT2D eigenvalue weighted by Crippen LogP contribution is 2.48. The van der Waals surface area contributed by atoms with Gasteiger partial charge in [-0.05, 0) is 54.8 Å². The zero-order valence-electron chi connectivity index (χ0n) is 14.9. The van der Waals surface area contributed by atoms with Gasteiger partial charge >= 0.3 is 5.51 Å². The summed E-state index contributed by atoms with van der Waals surface area (Å²) in [5.41, 5.74) is 2.24. The van der Waals surface area contributed by atoms with Crippen LogP contribution in [0.3, 0.4) is 0 Å². The molecule has 0 bridgehead atoms. The molecule has 0 radical (unpaired) electrons. The molecule has 0 atom stereocenters. The van der Waals surface area contributed by atoms with Crippen molar-refractivity contribution >= 4 is 21.3 Å². The summed E-state index contributed by atoms with van der Waals surface area (Å²) in [7, 11) is -5.33. The number of alkyl halides is 3. The Bertz CT molecular complexity index is 989. The second-order valence-corrected chi connectivity index (χ2v) is 9.23. The van der Waals surface area contributed by atoms with Crippen molar-refractivity contribution in [3.8, 4) is 0 Å². The van der Waals surface area contributed by atoms with Gasteiger partial charge in [-0.1, -0.05) is 0 Å². The summed E-state index contributed by atoms with van der Waals surface area (Å²) in [6.45, 7) is 2.05. The van der Waals surface area contributed by atoms with E-state index in [2.05, 4.69) is 14.8 Å². The standard InChI is InChI=1S/C18H19F3N4O2S/c19-18(20,21)28(26,27)15-3-1-14(2-4-15)24-11-17(6-7-17)25(12-24)10-13-5-8-23-16(22)9-13/h1-5,8-9H,6-7,10-12H2,(H2,22,23). The highest BCUT2D eigenvalue weighted by molar-refractivity contribution is 7.92. The van der Waals surface area contributed by atoms with E-state index < -0.39 is 20.2 Å². The summed E-state index contributed by atoms with van der Waals surface area (Å²) < 4.78 is 61.1. The van der Waals surface area contributed by atoms with Crippen molar-refractivity contribution in [2.24, 2.45) is 0 Å². The highest BCUT2D eigenvalue weighted by Gasteiger charge is 2.53. The Morgan fingerprint density at radius 1 is 1.14 bits per heavy atom. The van der Waals surface area contributed by atoms with Gasteiger partial charge in [-0.15, -0.1) is 0 Å². The molecule has 1 saturated heterocycles. The van der Waals surface area contributed by atoms with Crippen LogP contribution in [-0.4, -0.2) is 42.6 Å². The number of aromatic nitrogens is 1. The second kappa shape index (κ2) is 6.35. The maximum Gasteiger partial charge on any atom is 0.501 e. The first-order chi connectivity index (χ1) is 13.1. The van der Waals surface area contributed by atoms with Gasteiger partial charge in [0.1, 0.15) is 5.82 Å². The van der Waals surface area contributed by atoms with Crippen LogP contribution in [0.25, 0.3) is 0 Å². The SMILES string of the molecule is Nc1cc(CN2CN(c3ccc(S(=O)(=O)C(F)(F)F)cc3)CC23CC3)ccn1. The van der Waals surface area contributed by atoms with Crippen molar-refractivity contribution in [2.45, 2.75) is 35.3 Å². The third-order valence-corrected chi connectivity index (χ3v) is 6.86. The lowest BCUT2D eigenvalue weighted by Crippen LogP contribution is -2.32. The summed E-state index contributed by atoms with van der Waals surface area (Å²) in [5.74, 6) is 0.458. The zero-order valence-corrected chi connectivity index (χ0v) is 15.7. The van der Waals surface area contributed by atoms with Gasteiger partial charge in [0.25, 0.3) is 9.84 Å². The van der Waals surface area contributed by atoms with Crippen LogP contribution in [-0.2, 0) is 16.4 Å². The summed E-state index contributed by atoms with van der Waals surface area (Å²) >= 11 is 0. The molecule has 1 saturated carbocycles. The Morgan fingerprint density at radius 2 is 1.82 bits per heavy atom. The van der Waals surface area contributed by atoms with Crippen LogP contribution in [0, 0.1) is 0 Å². The predicted molar refractivity (Wildman–Crippen MR) is 98.1 cm³/mol. The maximum absolute atomic E-state index is 12.7. The van der Waals surface area contributed by atoms with Crippen LogP contribution >= 0.6 is 0 Å². The quantitative estimate of drug-likeness (QED) is 0.832. The van der Waals surface area contributed by atoms with Gasteiger partial charge < -0.3 is 10.6 Å². The molecule has 0 amide bonds. The number of nitrogens with two attached hydrogens (primary N) is 1. The van der Waals surface area contributed by atoms with Gasteiger partial charge in [0.15, 0.2) is 0 Å². The molecule has 2 aromatic rings. The Balaban J connectivity index is 1.52. The Morgan fingerprint density at radius 3 is 2.39 bits per heavy atom. The van der Waals surface area contributed by atoms with Crippen molar-refractivity contribution in [3.63, 3.8) is 0 Å². The van der Waals surface area contributed by atoms with E-state index in [9.17, 15) is 21.6 Å². The zero-order chi connectivity index (χ0) is 20.2. The first kappa shape index (κ1) is 19.0. The molecule has 0 unspecified atom stereocenters. The van der Waals surface area contributed by atoms with Gasteiger partial charge in [-0.3, -0.25) is 4.90 Å². The Kier molecular flexibility index (Phi) is 4.31. The van der Waals surface area contributed by atoms with Crippen LogP contribution in [0.5, 0.6) is 0 Å². The topological polar surface area (TPSA) is 79.5 Å². The van der Waals surface area contributed by atoms with E-state index in [1.807, 2.05) is 12.1 Å². The van der Waals surface area contributed by atoms with Crippen molar-refractivity contribution in [1.29, 1.82) is 0 Å². The second-order valence-electron chi connectivity index (χ2n) is 7.29. The number of pyridine rings is 1. The largest absolute Gasteiger partial charge is 0.501 e. The third-order valence-electron chi connectivity index (χ3n) is 5.36. The molecule has 2 aliphatic rings. The number of hydrogen-bond donors (Lipinski definition) is 1. The van der Waals surface area contributed by atoms with Gasteiger partial charge in [0.05, 0.1) is 11.6 Å². The van der Waals surface area contributed by atoms with Gasteiger partial charge in [-0.25, -0.2) is 13.4 Å². The Hall–Kier alpha value is -2.33. The molecule has 1 aliphatic heterocycles. The van der Waals surface area contributed by atoms with Crippen molar-refractivity contribution < 1.29 is 21.6 Å². The fraction of sp³-hybridized carbons (Fsp3) is 0.389. The lowest BCUT2D eigenvalue weighted by molar-refractivity contribution is -0.0436. The smallest absolute Gasteiger partial charge is 0.384 e. The number of sulfone groups is 1. The molecule has 150 valence electrons. The molecule has 10 heteroatoms. The monoisotopic (exact) mass is 412 g/mol. The minimum Gasteiger partial charge on any atom is -0.384 e. The molecular formula is C18H19F3N4O2S. The molecule has 28 heavy (non-hydrogen) atoms.